The SMILES string of the molecule is Cc1cc(C)cc(C(O)/C2=C/CCCCCC2)c1. The third-order valence-corrected chi connectivity index (χ3v) is 3.74. The smallest absolute Gasteiger partial charge is 0.100 e. The molecule has 1 atom stereocenters. The molecule has 98 valence electrons. The van der Waals surface area contributed by atoms with Crippen molar-refractivity contribution in [3.63, 3.8) is 0 Å². The minimum absolute atomic E-state index is 0.401. The second-order valence-electron chi connectivity index (χ2n) is 5.56. The zero-order valence-corrected chi connectivity index (χ0v) is 11.6. The van der Waals surface area contributed by atoms with Gasteiger partial charge in [-0.3, -0.25) is 0 Å². The minimum atomic E-state index is -0.401. The molecule has 1 unspecified atom stereocenters. The van der Waals surface area contributed by atoms with Crippen LogP contribution in [0.25, 0.3) is 0 Å². The first-order chi connectivity index (χ1) is 8.66. The van der Waals surface area contributed by atoms with Crippen LogP contribution in [0.2, 0.25) is 0 Å². The first kappa shape index (κ1) is 13.4. The van der Waals surface area contributed by atoms with Gasteiger partial charge in [0.15, 0.2) is 0 Å². The highest BCUT2D eigenvalue weighted by atomic mass is 16.3. The number of aliphatic hydroxyl groups excluding tert-OH is 1. The number of allylic oxidation sites excluding steroid dienone is 1. The van der Waals surface area contributed by atoms with E-state index >= 15 is 0 Å². The van der Waals surface area contributed by atoms with Gasteiger partial charge in [-0.25, -0.2) is 0 Å². The van der Waals surface area contributed by atoms with Gasteiger partial charge >= 0.3 is 0 Å². The molecular formula is C17H24O. The first-order valence-corrected chi connectivity index (χ1v) is 7.12. The maximum atomic E-state index is 10.5. The molecule has 1 aliphatic carbocycles. The van der Waals surface area contributed by atoms with Crippen LogP contribution in [0.5, 0.6) is 0 Å². The summed E-state index contributed by atoms with van der Waals surface area (Å²) in [6.45, 7) is 4.19. The molecule has 0 amide bonds. The van der Waals surface area contributed by atoms with Crippen molar-refractivity contribution in [2.75, 3.05) is 0 Å². The normalized spacial score (nSPS) is 21.6. The van der Waals surface area contributed by atoms with E-state index in [1.54, 1.807) is 0 Å². The van der Waals surface area contributed by atoms with E-state index in [1.807, 2.05) is 0 Å². The largest absolute Gasteiger partial charge is 0.384 e. The van der Waals surface area contributed by atoms with Gasteiger partial charge < -0.3 is 5.11 Å². The van der Waals surface area contributed by atoms with Gasteiger partial charge in [0.1, 0.15) is 6.10 Å². The summed E-state index contributed by atoms with van der Waals surface area (Å²) in [6.07, 6.45) is 9.16. The van der Waals surface area contributed by atoms with Crippen LogP contribution in [0.3, 0.4) is 0 Å². The highest BCUT2D eigenvalue weighted by molar-refractivity contribution is 5.33. The number of rotatable bonds is 2. The molecule has 1 aromatic rings. The Morgan fingerprint density at radius 1 is 0.944 bits per heavy atom. The minimum Gasteiger partial charge on any atom is -0.384 e. The van der Waals surface area contributed by atoms with Crippen LogP contribution in [0.4, 0.5) is 0 Å². The quantitative estimate of drug-likeness (QED) is 0.753. The lowest BCUT2D eigenvalue weighted by Crippen LogP contribution is -2.04. The summed E-state index contributed by atoms with van der Waals surface area (Å²) in [6, 6.07) is 6.37. The summed E-state index contributed by atoms with van der Waals surface area (Å²) < 4.78 is 0. The van der Waals surface area contributed by atoms with Crippen molar-refractivity contribution in [2.24, 2.45) is 0 Å². The zero-order chi connectivity index (χ0) is 13.0. The van der Waals surface area contributed by atoms with E-state index in [9.17, 15) is 5.11 Å². The monoisotopic (exact) mass is 244 g/mol. The molecule has 0 saturated heterocycles. The molecule has 0 fully saturated rings. The molecule has 1 aromatic carbocycles. The number of benzene rings is 1. The Hall–Kier alpha value is -1.08. The summed E-state index contributed by atoms with van der Waals surface area (Å²) in [5.74, 6) is 0. The molecule has 0 radical (unpaired) electrons. The molecule has 0 aliphatic heterocycles. The van der Waals surface area contributed by atoms with Crippen LogP contribution < -0.4 is 0 Å². The molecule has 1 N–H and O–H groups in total. The molecule has 0 spiro atoms. The van der Waals surface area contributed by atoms with Gasteiger partial charge in [0.05, 0.1) is 0 Å². The topological polar surface area (TPSA) is 20.2 Å². The lowest BCUT2D eigenvalue weighted by atomic mass is 9.91. The molecule has 0 bridgehead atoms. The van der Waals surface area contributed by atoms with Gasteiger partial charge in [0.2, 0.25) is 0 Å². The third-order valence-electron chi connectivity index (χ3n) is 3.74. The Labute approximate surface area is 111 Å². The zero-order valence-electron chi connectivity index (χ0n) is 11.6. The van der Waals surface area contributed by atoms with Gasteiger partial charge in [-0.05, 0) is 50.7 Å². The van der Waals surface area contributed by atoms with Gasteiger partial charge in [-0.1, -0.05) is 48.2 Å². The molecule has 1 aliphatic rings. The lowest BCUT2D eigenvalue weighted by molar-refractivity contribution is 0.209. The standard InChI is InChI=1S/C17H24O/c1-13-10-14(2)12-16(11-13)17(18)15-8-6-4-3-5-7-9-15/h8,10-12,17-18H,3-7,9H2,1-2H3/b15-8+. The van der Waals surface area contributed by atoms with E-state index in [1.165, 1.54) is 42.4 Å². The lowest BCUT2D eigenvalue weighted by Gasteiger charge is -2.18. The first-order valence-electron chi connectivity index (χ1n) is 7.12. The van der Waals surface area contributed by atoms with Crippen molar-refractivity contribution in [3.8, 4) is 0 Å². The average molecular weight is 244 g/mol. The Kier molecular flexibility index (Phi) is 4.60. The van der Waals surface area contributed by atoms with Gasteiger partial charge in [0, 0.05) is 0 Å². The third kappa shape index (κ3) is 3.46. The molecular weight excluding hydrogens is 220 g/mol. The summed E-state index contributed by atoms with van der Waals surface area (Å²) in [5, 5.41) is 10.5. The Morgan fingerprint density at radius 2 is 1.61 bits per heavy atom. The van der Waals surface area contributed by atoms with Crippen molar-refractivity contribution >= 4 is 0 Å². The van der Waals surface area contributed by atoms with Crippen LogP contribution in [0.15, 0.2) is 29.8 Å². The van der Waals surface area contributed by atoms with E-state index in [0.717, 1.165) is 18.4 Å². The van der Waals surface area contributed by atoms with Crippen LogP contribution in [0.1, 0.15) is 61.3 Å². The van der Waals surface area contributed by atoms with E-state index in [-0.39, 0.29) is 0 Å². The highest BCUT2D eigenvalue weighted by Gasteiger charge is 2.14. The molecule has 0 heterocycles. The summed E-state index contributed by atoms with van der Waals surface area (Å²) >= 11 is 0. The molecule has 1 nitrogen and oxygen atoms in total. The molecule has 2 rings (SSSR count). The Bertz CT molecular complexity index is 411. The van der Waals surface area contributed by atoms with Gasteiger partial charge in [-0.2, -0.15) is 0 Å². The maximum Gasteiger partial charge on any atom is 0.100 e. The van der Waals surface area contributed by atoms with Crippen molar-refractivity contribution in [3.05, 3.63) is 46.5 Å². The summed E-state index contributed by atoms with van der Waals surface area (Å²) in [5.41, 5.74) is 4.74. The van der Waals surface area contributed by atoms with E-state index < -0.39 is 6.10 Å². The van der Waals surface area contributed by atoms with Crippen LogP contribution in [-0.2, 0) is 0 Å². The number of aliphatic hydroxyl groups is 1. The van der Waals surface area contributed by atoms with Crippen molar-refractivity contribution < 1.29 is 5.11 Å². The predicted octanol–water partition coefficient (Wildman–Crippen LogP) is 4.62. The predicted molar refractivity (Wildman–Crippen MR) is 76.7 cm³/mol. The molecule has 18 heavy (non-hydrogen) atoms. The Morgan fingerprint density at radius 3 is 2.33 bits per heavy atom. The van der Waals surface area contributed by atoms with E-state index in [2.05, 4.69) is 38.1 Å². The Balaban J connectivity index is 2.20. The maximum absolute atomic E-state index is 10.5. The van der Waals surface area contributed by atoms with E-state index in [0.29, 0.717) is 0 Å². The summed E-state index contributed by atoms with van der Waals surface area (Å²) in [4.78, 5) is 0. The number of hydrogen-bond donors (Lipinski definition) is 1. The fourth-order valence-corrected chi connectivity index (χ4v) is 2.85. The molecule has 1 heteroatoms. The fraction of sp³-hybridized carbons (Fsp3) is 0.529. The fourth-order valence-electron chi connectivity index (χ4n) is 2.85. The van der Waals surface area contributed by atoms with E-state index in [4.69, 9.17) is 0 Å². The van der Waals surface area contributed by atoms with Gasteiger partial charge in [-0.15, -0.1) is 0 Å². The van der Waals surface area contributed by atoms with Crippen LogP contribution in [-0.4, -0.2) is 5.11 Å². The van der Waals surface area contributed by atoms with Crippen LogP contribution in [0, 0.1) is 13.8 Å². The average Bonchev–Trinajstić information content (AvgIpc) is 2.26. The van der Waals surface area contributed by atoms with Crippen molar-refractivity contribution in [1.29, 1.82) is 0 Å². The second-order valence-corrected chi connectivity index (χ2v) is 5.56. The summed E-state index contributed by atoms with van der Waals surface area (Å²) in [7, 11) is 0. The van der Waals surface area contributed by atoms with Gasteiger partial charge in [0.25, 0.3) is 0 Å². The van der Waals surface area contributed by atoms with Crippen LogP contribution >= 0.6 is 0 Å². The molecule has 0 aromatic heterocycles. The van der Waals surface area contributed by atoms with Crippen molar-refractivity contribution in [2.45, 2.75) is 58.5 Å². The second kappa shape index (κ2) is 6.19. The number of hydrogen-bond acceptors (Lipinski definition) is 1. The number of aryl methyl sites for hydroxylation is 2. The highest BCUT2D eigenvalue weighted by Crippen LogP contribution is 2.29. The van der Waals surface area contributed by atoms with Crippen molar-refractivity contribution in [1.82, 2.24) is 0 Å². The molecule has 0 saturated carbocycles.